The van der Waals surface area contributed by atoms with E-state index < -0.39 is 0 Å². The van der Waals surface area contributed by atoms with E-state index in [4.69, 9.17) is 9.47 Å². The van der Waals surface area contributed by atoms with E-state index in [0.29, 0.717) is 11.5 Å². The van der Waals surface area contributed by atoms with Gasteiger partial charge in [-0.15, -0.1) is 0 Å². The second-order valence-electron chi connectivity index (χ2n) is 5.33. The van der Waals surface area contributed by atoms with E-state index in [1.807, 2.05) is 48.5 Å². The summed E-state index contributed by atoms with van der Waals surface area (Å²) in [6.45, 7) is 2.05. The summed E-state index contributed by atoms with van der Waals surface area (Å²) in [5.41, 5.74) is 1.98. The van der Waals surface area contributed by atoms with Crippen molar-refractivity contribution in [2.45, 2.75) is 19.4 Å². The third-order valence-corrected chi connectivity index (χ3v) is 3.76. The van der Waals surface area contributed by atoms with Crippen LogP contribution in [0.2, 0.25) is 0 Å². The number of amides is 1. The molecule has 0 aromatic heterocycles. The minimum absolute atomic E-state index is 0.00811. The van der Waals surface area contributed by atoms with E-state index in [2.05, 4.69) is 12.2 Å². The van der Waals surface area contributed by atoms with Crippen LogP contribution in [0.25, 0.3) is 6.08 Å². The molecular formula is C20H23NO3. The Morgan fingerprint density at radius 3 is 2.42 bits per heavy atom. The molecule has 24 heavy (non-hydrogen) atoms. The summed E-state index contributed by atoms with van der Waals surface area (Å²) >= 11 is 0. The Bertz CT molecular complexity index is 695. The number of carbonyl (C=O) groups excluding carboxylic acids is 1. The smallest absolute Gasteiger partial charge is 0.244 e. The van der Waals surface area contributed by atoms with Crippen molar-refractivity contribution in [3.8, 4) is 11.5 Å². The van der Waals surface area contributed by atoms with Gasteiger partial charge in [-0.3, -0.25) is 4.79 Å². The fraction of sp³-hybridized carbons (Fsp3) is 0.250. The second kappa shape index (κ2) is 8.77. The van der Waals surface area contributed by atoms with Crippen LogP contribution in [0.3, 0.4) is 0 Å². The number of hydrogen-bond acceptors (Lipinski definition) is 3. The van der Waals surface area contributed by atoms with Crippen molar-refractivity contribution in [1.82, 2.24) is 5.32 Å². The largest absolute Gasteiger partial charge is 0.493 e. The summed E-state index contributed by atoms with van der Waals surface area (Å²) in [5.74, 6) is 1.17. The molecule has 4 heteroatoms. The van der Waals surface area contributed by atoms with E-state index in [1.54, 1.807) is 20.3 Å². The minimum atomic E-state index is -0.125. The van der Waals surface area contributed by atoms with Crippen molar-refractivity contribution >= 4 is 12.0 Å². The lowest BCUT2D eigenvalue weighted by Gasteiger charge is -2.16. The molecule has 1 unspecified atom stereocenters. The van der Waals surface area contributed by atoms with Crippen LogP contribution in [-0.4, -0.2) is 20.1 Å². The van der Waals surface area contributed by atoms with Gasteiger partial charge in [0, 0.05) is 6.08 Å². The zero-order valence-corrected chi connectivity index (χ0v) is 14.3. The fourth-order valence-electron chi connectivity index (χ4n) is 2.45. The average molecular weight is 325 g/mol. The van der Waals surface area contributed by atoms with Crippen LogP contribution in [0.15, 0.2) is 54.6 Å². The lowest BCUT2D eigenvalue weighted by atomic mass is 10.0. The molecule has 2 aromatic carbocycles. The zero-order valence-electron chi connectivity index (χ0n) is 14.3. The van der Waals surface area contributed by atoms with Gasteiger partial charge in [0.15, 0.2) is 11.5 Å². The first kappa shape index (κ1) is 17.6. The maximum atomic E-state index is 12.2. The molecule has 1 amide bonds. The second-order valence-corrected chi connectivity index (χ2v) is 5.33. The molecule has 126 valence electrons. The number of nitrogens with one attached hydrogen (secondary N) is 1. The molecule has 0 aliphatic heterocycles. The minimum Gasteiger partial charge on any atom is -0.493 e. The Hall–Kier alpha value is -2.75. The molecule has 0 aliphatic carbocycles. The highest BCUT2D eigenvalue weighted by molar-refractivity contribution is 5.92. The van der Waals surface area contributed by atoms with E-state index >= 15 is 0 Å². The number of ether oxygens (including phenoxy) is 2. The van der Waals surface area contributed by atoms with Gasteiger partial charge in [-0.1, -0.05) is 43.3 Å². The van der Waals surface area contributed by atoms with E-state index in [1.165, 1.54) is 6.08 Å². The molecule has 0 saturated carbocycles. The normalized spacial score (nSPS) is 12.0. The topological polar surface area (TPSA) is 47.6 Å². The van der Waals surface area contributed by atoms with E-state index in [9.17, 15) is 4.79 Å². The molecule has 1 atom stereocenters. The molecule has 0 heterocycles. The van der Waals surface area contributed by atoms with E-state index in [0.717, 1.165) is 17.5 Å². The molecule has 0 bridgehead atoms. The van der Waals surface area contributed by atoms with Crippen LogP contribution in [0.1, 0.15) is 30.5 Å². The van der Waals surface area contributed by atoms with Gasteiger partial charge in [0.1, 0.15) is 0 Å². The van der Waals surface area contributed by atoms with Gasteiger partial charge in [-0.2, -0.15) is 0 Å². The molecule has 0 saturated heterocycles. The van der Waals surface area contributed by atoms with Crippen molar-refractivity contribution in [2.24, 2.45) is 0 Å². The van der Waals surface area contributed by atoms with Gasteiger partial charge in [0.05, 0.1) is 20.3 Å². The van der Waals surface area contributed by atoms with Crippen LogP contribution < -0.4 is 14.8 Å². The Balaban J connectivity index is 2.04. The third-order valence-electron chi connectivity index (χ3n) is 3.76. The predicted octanol–water partition coefficient (Wildman–Crippen LogP) is 3.98. The first-order chi connectivity index (χ1) is 11.7. The molecule has 2 rings (SSSR count). The molecule has 2 aromatic rings. The van der Waals surface area contributed by atoms with Crippen LogP contribution in [0.5, 0.6) is 11.5 Å². The highest BCUT2D eigenvalue weighted by Gasteiger charge is 2.10. The van der Waals surface area contributed by atoms with Crippen molar-refractivity contribution < 1.29 is 14.3 Å². The predicted molar refractivity (Wildman–Crippen MR) is 96.2 cm³/mol. The highest BCUT2D eigenvalue weighted by atomic mass is 16.5. The average Bonchev–Trinajstić information content (AvgIpc) is 2.64. The van der Waals surface area contributed by atoms with Crippen molar-refractivity contribution in [3.05, 3.63) is 65.7 Å². The monoisotopic (exact) mass is 325 g/mol. The fourth-order valence-corrected chi connectivity index (χ4v) is 2.45. The quantitative estimate of drug-likeness (QED) is 0.783. The van der Waals surface area contributed by atoms with Crippen LogP contribution in [0.4, 0.5) is 0 Å². The third kappa shape index (κ3) is 4.62. The maximum absolute atomic E-state index is 12.2. The highest BCUT2D eigenvalue weighted by Crippen LogP contribution is 2.28. The van der Waals surface area contributed by atoms with Gasteiger partial charge in [0.2, 0.25) is 5.91 Å². The first-order valence-electron chi connectivity index (χ1n) is 7.93. The van der Waals surface area contributed by atoms with Gasteiger partial charge in [-0.25, -0.2) is 0 Å². The maximum Gasteiger partial charge on any atom is 0.244 e. The summed E-state index contributed by atoms with van der Waals surface area (Å²) in [6.07, 6.45) is 4.13. The lowest BCUT2D eigenvalue weighted by Crippen LogP contribution is -2.26. The van der Waals surface area contributed by atoms with Crippen molar-refractivity contribution in [2.75, 3.05) is 14.2 Å². The molecular weight excluding hydrogens is 302 g/mol. The van der Waals surface area contributed by atoms with Crippen LogP contribution in [0, 0.1) is 0 Å². The zero-order chi connectivity index (χ0) is 17.4. The van der Waals surface area contributed by atoms with Crippen molar-refractivity contribution in [3.63, 3.8) is 0 Å². The van der Waals surface area contributed by atoms with Crippen LogP contribution >= 0.6 is 0 Å². The Morgan fingerprint density at radius 1 is 1.08 bits per heavy atom. The molecule has 0 aliphatic rings. The summed E-state index contributed by atoms with van der Waals surface area (Å²) in [6, 6.07) is 15.5. The Morgan fingerprint density at radius 2 is 1.79 bits per heavy atom. The summed E-state index contributed by atoms with van der Waals surface area (Å²) < 4.78 is 10.5. The van der Waals surface area contributed by atoms with Gasteiger partial charge < -0.3 is 14.8 Å². The molecule has 0 radical (unpaired) electrons. The summed E-state index contributed by atoms with van der Waals surface area (Å²) in [5, 5.41) is 3.02. The number of hydrogen-bond donors (Lipinski definition) is 1. The standard InChI is InChI=1S/C20H23NO3/c1-4-17(16-8-6-5-7-9-16)21-20(22)13-11-15-10-12-18(23-2)19(14-15)24-3/h5-14,17H,4H2,1-3H3,(H,21,22)/b13-11+. The van der Waals surface area contributed by atoms with Crippen molar-refractivity contribution in [1.29, 1.82) is 0 Å². The van der Waals surface area contributed by atoms with Gasteiger partial charge in [0.25, 0.3) is 0 Å². The lowest BCUT2D eigenvalue weighted by molar-refractivity contribution is -0.117. The van der Waals surface area contributed by atoms with Gasteiger partial charge in [-0.05, 0) is 35.8 Å². The van der Waals surface area contributed by atoms with E-state index in [-0.39, 0.29) is 11.9 Å². The number of carbonyl (C=O) groups is 1. The summed E-state index contributed by atoms with van der Waals surface area (Å²) in [7, 11) is 3.18. The summed E-state index contributed by atoms with van der Waals surface area (Å²) in [4.78, 5) is 12.2. The number of rotatable bonds is 7. The molecule has 1 N–H and O–H groups in total. The first-order valence-corrected chi connectivity index (χ1v) is 7.93. The van der Waals surface area contributed by atoms with Gasteiger partial charge >= 0.3 is 0 Å². The Labute approximate surface area is 143 Å². The number of methoxy groups -OCH3 is 2. The molecule has 0 fully saturated rings. The molecule has 4 nitrogen and oxygen atoms in total. The number of benzene rings is 2. The molecule has 0 spiro atoms. The Kier molecular flexibility index (Phi) is 6.43. The SMILES string of the molecule is CCC(NC(=O)/C=C/c1ccc(OC)c(OC)c1)c1ccccc1. The van der Waals surface area contributed by atoms with Crippen LogP contribution in [-0.2, 0) is 4.79 Å².